The number of carbonyl (C=O) groups excluding carboxylic acids is 1. The van der Waals surface area contributed by atoms with E-state index in [-0.39, 0.29) is 0 Å². The van der Waals surface area contributed by atoms with Crippen LogP contribution < -0.4 is 20.7 Å². The van der Waals surface area contributed by atoms with Gasteiger partial charge in [0.25, 0.3) is 0 Å². The second kappa shape index (κ2) is 12.7. The third-order valence-electron chi connectivity index (χ3n) is 6.00. The minimum atomic E-state index is -4.69. The fourth-order valence-electron chi connectivity index (χ4n) is 3.98. The number of anilines is 3. The minimum Gasteiger partial charge on any atom is -0.354 e. The van der Waals surface area contributed by atoms with Gasteiger partial charge in [-0.3, -0.25) is 0 Å². The van der Waals surface area contributed by atoms with E-state index in [2.05, 4.69) is 35.7 Å². The Balaban J connectivity index is 1.41. The van der Waals surface area contributed by atoms with Crippen molar-refractivity contribution in [2.45, 2.75) is 32.5 Å². The number of fused-ring (bicyclic) bond motifs is 1. The Morgan fingerprint density at radius 2 is 1.74 bits per heavy atom. The van der Waals surface area contributed by atoms with Crippen molar-refractivity contribution in [2.24, 2.45) is 0 Å². The van der Waals surface area contributed by atoms with Crippen molar-refractivity contribution in [1.82, 2.24) is 24.5 Å². The van der Waals surface area contributed by atoms with Gasteiger partial charge in [-0.1, -0.05) is 12.1 Å². The van der Waals surface area contributed by atoms with E-state index in [1.54, 1.807) is 35.1 Å². The number of carbonyl (C=O) groups is 1. The number of hydrogen-bond acceptors (Lipinski definition) is 7. The summed E-state index contributed by atoms with van der Waals surface area (Å²) in [5.41, 5.74) is 0.532. The third kappa shape index (κ3) is 7.91. The van der Waals surface area contributed by atoms with E-state index in [1.165, 1.54) is 0 Å². The Kier molecular flexibility index (Phi) is 9.26. The summed E-state index contributed by atoms with van der Waals surface area (Å²) in [4.78, 5) is 21.3. The molecule has 0 aliphatic heterocycles. The number of benzene rings is 2. The SMILES string of the molecule is CCn1nc(-c2ccc(NC(=O)Nc3cc(C(F)(F)F)ccc3F)cc2)c2cnc(NCCCCNS(C)(=O)=O)nc21. The van der Waals surface area contributed by atoms with Crippen LogP contribution in [-0.2, 0) is 22.7 Å². The first kappa shape index (κ1) is 30.6. The van der Waals surface area contributed by atoms with Crippen molar-refractivity contribution in [2.75, 3.05) is 35.3 Å². The monoisotopic (exact) mass is 608 g/mol. The fraction of sp³-hybridized carbons (Fsp3) is 0.308. The van der Waals surface area contributed by atoms with Gasteiger partial charge in [-0.2, -0.15) is 23.3 Å². The van der Waals surface area contributed by atoms with Gasteiger partial charge in [-0.15, -0.1) is 0 Å². The zero-order chi connectivity index (χ0) is 30.5. The number of amides is 2. The fourth-order valence-corrected chi connectivity index (χ4v) is 4.49. The van der Waals surface area contributed by atoms with Gasteiger partial charge in [0.15, 0.2) is 5.65 Å². The molecule has 0 aliphatic carbocycles. The Hall–Kier alpha value is -4.31. The van der Waals surface area contributed by atoms with Crippen LogP contribution in [0, 0.1) is 5.82 Å². The molecule has 2 aromatic carbocycles. The molecule has 2 heterocycles. The van der Waals surface area contributed by atoms with Crippen molar-refractivity contribution in [3.05, 3.63) is 60.0 Å². The molecule has 4 rings (SSSR count). The average molecular weight is 609 g/mol. The largest absolute Gasteiger partial charge is 0.416 e. The summed E-state index contributed by atoms with van der Waals surface area (Å²) in [5.74, 6) is -0.600. The molecule has 0 aliphatic rings. The second-order valence-electron chi connectivity index (χ2n) is 9.24. The first-order valence-electron chi connectivity index (χ1n) is 12.8. The number of rotatable bonds is 11. The first-order chi connectivity index (χ1) is 19.8. The van der Waals surface area contributed by atoms with Gasteiger partial charge in [0.1, 0.15) is 11.5 Å². The first-order valence-corrected chi connectivity index (χ1v) is 14.7. The summed E-state index contributed by atoms with van der Waals surface area (Å²) in [6, 6.07) is 7.37. The Morgan fingerprint density at radius 1 is 1.02 bits per heavy atom. The summed E-state index contributed by atoms with van der Waals surface area (Å²) in [7, 11) is -3.21. The van der Waals surface area contributed by atoms with Gasteiger partial charge < -0.3 is 16.0 Å². The van der Waals surface area contributed by atoms with E-state index in [0.717, 1.165) is 6.26 Å². The number of aromatic nitrogens is 4. The molecule has 2 aromatic heterocycles. The predicted molar refractivity (Wildman–Crippen MR) is 151 cm³/mol. The van der Waals surface area contributed by atoms with Crippen LogP contribution in [0.25, 0.3) is 22.3 Å². The summed E-state index contributed by atoms with van der Waals surface area (Å²) in [5, 5.41) is 13.0. The van der Waals surface area contributed by atoms with E-state index < -0.39 is 39.3 Å². The summed E-state index contributed by atoms with van der Waals surface area (Å²) in [6.45, 7) is 3.35. The lowest BCUT2D eigenvalue weighted by Crippen LogP contribution is -2.23. The van der Waals surface area contributed by atoms with Crippen LogP contribution in [0.2, 0.25) is 0 Å². The van der Waals surface area contributed by atoms with E-state index in [9.17, 15) is 30.8 Å². The molecule has 0 unspecified atom stereocenters. The van der Waals surface area contributed by atoms with Crippen LogP contribution in [0.5, 0.6) is 0 Å². The normalized spacial score (nSPS) is 12.0. The molecule has 0 atom stereocenters. The third-order valence-corrected chi connectivity index (χ3v) is 6.73. The molecule has 16 heteroatoms. The van der Waals surface area contributed by atoms with Gasteiger partial charge in [0, 0.05) is 37.1 Å². The molecule has 11 nitrogen and oxygen atoms in total. The molecule has 42 heavy (non-hydrogen) atoms. The second-order valence-corrected chi connectivity index (χ2v) is 11.1. The van der Waals surface area contributed by atoms with Gasteiger partial charge in [0.05, 0.1) is 22.9 Å². The average Bonchev–Trinajstić information content (AvgIpc) is 3.29. The Bertz CT molecular complexity index is 1680. The maximum atomic E-state index is 14.0. The Labute approximate surface area is 238 Å². The lowest BCUT2D eigenvalue weighted by Gasteiger charge is -2.12. The summed E-state index contributed by atoms with van der Waals surface area (Å²) >= 11 is 0. The van der Waals surface area contributed by atoms with Gasteiger partial charge >= 0.3 is 12.2 Å². The number of alkyl halides is 3. The lowest BCUT2D eigenvalue weighted by atomic mass is 10.1. The maximum absolute atomic E-state index is 14.0. The zero-order valence-corrected chi connectivity index (χ0v) is 23.4. The molecular formula is C26H28F4N8O3S. The minimum absolute atomic E-state index is 0.317. The highest BCUT2D eigenvalue weighted by molar-refractivity contribution is 7.88. The highest BCUT2D eigenvalue weighted by Gasteiger charge is 2.31. The van der Waals surface area contributed by atoms with E-state index in [1.807, 2.05) is 6.92 Å². The van der Waals surface area contributed by atoms with Crippen molar-refractivity contribution >= 4 is 44.4 Å². The van der Waals surface area contributed by atoms with Gasteiger partial charge in [0.2, 0.25) is 16.0 Å². The van der Waals surface area contributed by atoms with Crippen molar-refractivity contribution in [3.63, 3.8) is 0 Å². The number of unbranched alkanes of at least 4 members (excludes halogenated alkanes) is 1. The van der Waals surface area contributed by atoms with Crippen LogP contribution in [-0.4, -0.2) is 53.5 Å². The highest BCUT2D eigenvalue weighted by Crippen LogP contribution is 2.32. The quantitative estimate of drug-likeness (QED) is 0.138. The number of urea groups is 1. The van der Waals surface area contributed by atoms with Crippen molar-refractivity contribution in [3.8, 4) is 11.3 Å². The molecule has 224 valence electrons. The van der Waals surface area contributed by atoms with E-state index in [0.29, 0.717) is 84.6 Å². The molecule has 0 radical (unpaired) electrons. The number of hydrogen-bond donors (Lipinski definition) is 4. The molecule has 0 bridgehead atoms. The van der Waals surface area contributed by atoms with Crippen molar-refractivity contribution in [1.29, 1.82) is 0 Å². The Morgan fingerprint density at radius 3 is 2.40 bits per heavy atom. The number of nitrogens with zero attached hydrogens (tertiary/aromatic N) is 4. The highest BCUT2D eigenvalue weighted by atomic mass is 32.2. The predicted octanol–water partition coefficient (Wildman–Crippen LogP) is 5.06. The van der Waals surface area contributed by atoms with Crippen LogP contribution in [0.4, 0.5) is 39.7 Å². The zero-order valence-electron chi connectivity index (χ0n) is 22.6. The van der Waals surface area contributed by atoms with Crippen molar-refractivity contribution < 1.29 is 30.8 Å². The van der Waals surface area contributed by atoms with E-state index in [4.69, 9.17) is 0 Å². The van der Waals surface area contributed by atoms with Gasteiger partial charge in [-0.05, 0) is 50.1 Å². The van der Waals surface area contributed by atoms with Crippen LogP contribution in [0.3, 0.4) is 0 Å². The van der Waals surface area contributed by atoms with Crippen LogP contribution in [0.1, 0.15) is 25.3 Å². The van der Waals surface area contributed by atoms with Crippen LogP contribution in [0.15, 0.2) is 48.7 Å². The molecule has 2 amide bonds. The maximum Gasteiger partial charge on any atom is 0.416 e. The summed E-state index contributed by atoms with van der Waals surface area (Å²) < 4.78 is 79.2. The lowest BCUT2D eigenvalue weighted by molar-refractivity contribution is -0.137. The van der Waals surface area contributed by atoms with Gasteiger partial charge in [-0.25, -0.2) is 32.0 Å². The number of nitrogens with one attached hydrogen (secondary N) is 4. The molecule has 0 fully saturated rings. The molecular weight excluding hydrogens is 580 g/mol. The van der Waals surface area contributed by atoms with E-state index >= 15 is 0 Å². The van der Waals surface area contributed by atoms with Crippen LogP contribution >= 0.6 is 0 Å². The topological polar surface area (TPSA) is 143 Å². The summed E-state index contributed by atoms with van der Waals surface area (Å²) in [6.07, 6.45) is -0.577. The number of sulfonamides is 1. The molecule has 4 N–H and O–H groups in total. The smallest absolute Gasteiger partial charge is 0.354 e. The molecule has 4 aromatic rings. The molecule has 0 spiro atoms. The molecule has 0 saturated heterocycles. The number of aryl methyl sites for hydroxylation is 1. The standard InChI is InChI=1S/C26H28F4N8O3S/c1-3-38-23-19(15-32-24(36-23)31-12-4-5-13-33-42(2,40)41)22(37-38)16-6-9-18(10-7-16)34-25(39)35-21-14-17(26(28,29)30)8-11-20(21)27/h6-11,14-15,33H,3-5,12-13H2,1-2H3,(H,31,32,36)(H2,34,35,39). The molecule has 0 saturated carbocycles. The number of halogens is 4.